The van der Waals surface area contributed by atoms with Crippen molar-refractivity contribution in [1.82, 2.24) is 15.5 Å². The zero-order chi connectivity index (χ0) is 12.0. The molecule has 1 rings (SSSR count). The van der Waals surface area contributed by atoms with E-state index in [4.69, 9.17) is 0 Å². The van der Waals surface area contributed by atoms with Crippen LogP contribution in [0.25, 0.3) is 0 Å². The second kappa shape index (κ2) is 7.25. The number of rotatable bonds is 7. The molecule has 2 unspecified atom stereocenters. The highest BCUT2D eigenvalue weighted by Crippen LogP contribution is 2.30. The van der Waals surface area contributed by atoms with Crippen LogP contribution in [-0.2, 0) is 0 Å². The number of nitrogens with zero attached hydrogens (tertiary/aromatic N) is 2. The molecule has 0 radical (unpaired) electrons. The lowest BCUT2D eigenvalue weighted by atomic mass is 10.1. The standard InChI is InChI=1S/C11H21N3S2/c1-5-7-9(12-4)10(6-2)16-11-14-13-8(3)15-11/h9-10,12H,5-7H2,1-4H3. The lowest BCUT2D eigenvalue weighted by molar-refractivity contribution is 0.490. The van der Waals surface area contributed by atoms with Gasteiger partial charge in [-0.2, -0.15) is 0 Å². The monoisotopic (exact) mass is 259 g/mol. The zero-order valence-corrected chi connectivity index (χ0v) is 12.1. The maximum absolute atomic E-state index is 4.18. The Morgan fingerprint density at radius 2 is 2.12 bits per heavy atom. The van der Waals surface area contributed by atoms with Gasteiger partial charge in [0.05, 0.1) is 0 Å². The van der Waals surface area contributed by atoms with E-state index in [2.05, 4.69) is 36.4 Å². The topological polar surface area (TPSA) is 37.8 Å². The molecule has 92 valence electrons. The van der Waals surface area contributed by atoms with Gasteiger partial charge >= 0.3 is 0 Å². The molecule has 0 spiro atoms. The van der Waals surface area contributed by atoms with Gasteiger partial charge in [-0.1, -0.05) is 43.4 Å². The summed E-state index contributed by atoms with van der Waals surface area (Å²) in [7, 11) is 2.05. The lowest BCUT2D eigenvalue weighted by Crippen LogP contribution is -2.35. The number of thioether (sulfide) groups is 1. The van der Waals surface area contributed by atoms with E-state index < -0.39 is 0 Å². The highest BCUT2D eigenvalue weighted by atomic mass is 32.2. The molecule has 1 heterocycles. The van der Waals surface area contributed by atoms with Crippen LogP contribution in [0.3, 0.4) is 0 Å². The van der Waals surface area contributed by atoms with Crippen LogP contribution in [-0.4, -0.2) is 28.5 Å². The second-order valence-corrected chi connectivity index (χ2v) is 6.50. The first kappa shape index (κ1) is 13.9. The third kappa shape index (κ3) is 4.03. The smallest absolute Gasteiger partial charge is 0.174 e. The largest absolute Gasteiger partial charge is 0.316 e. The van der Waals surface area contributed by atoms with E-state index in [1.807, 2.05) is 18.7 Å². The highest BCUT2D eigenvalue weighted by Gasteiger charge is 2.20. The highest BCUT2D eigenvalue weighted by molar-refractivity contribution is 8.01. The molecule has 0 aliphatic carbocycles. The van der Waals surface area contributed by atoms with E-state index in [-0.39, 0.29) is 0 Å². The fourth-order valence-corrected chi connectivity index (χ4v) is 4.02. The van der Waals surface area contributed by atoms with Crippen molar-refractivity contribution in [3.05, 3.63) is 5.01 Å². The van der Waals surface area contributed by atoms with Crippen LogP contribution < -0.4 is 5.32 Å². The van der Waals surface area contributed by atoms with Crippen LogP contribution in [0.5, 0.6) is 0 Å². The first-order chi connectivity index (χ1) is 7.71. The number of aryl methyl sites for hydroxylation is 1. The normalized spacial score (nSPS) is 15.0. The molecule has 0 aliphatic rings. The Bertz CT molecular complexity index is 301. The molecule has 16 heavy (non-hydrogen) atoms. The molecule has 0 amide bonds. The second-order valence-electron chi connectivity index (χ2n) is 3.84. The van der Waals surface area contributed by atoms with Crippen molar-refractivity contribution in [2.45, 2.75) is 55.7 Å². The summed E-state index contributed by atoms with van der Waals surface area (Å²) in [5.74, 6) is 0. The minimum Gasteiger partial charge on any atom is -0.316 e. The molecule has 0 aromatic carbocycles. The quantitative estimate of drug-likeness (QED) is 0.764. The SMILES string of the molecule is CCCC(NC)C(CC)Sc1nnc(C)s1. The van der Waals surface area contributed by atoms with Crippen LogP contribution in [0.15, 0.2) is 4.34 Å². The molecular formula is C11H21N3S2. The van der Waals surface area contributed by atoms with Gasteiger partial charge in [-0.3, -0.25) is 0 Å². The minimum atomic E-state index is 0.573. The molecule has 3 nitrogen and oxygen atoms in total. The van der Waals surface area contributed by atoms with Crippen molar-refractivity contribution >= 4 is 23.1 Å². The predicted octanol–water partition coefficient (Wildman–Crippen LogP) is 3.11. The summed E-state index contributed by atoms with van der Waals surface area (Å²) in [6.07, 6.45) is 3.60. The number of hydrogen-bond donors (Lipinski definition) is 1. The Morgan fingerprint density at radius 1 is 1.38 bits per heavy atom. The third-order valence-corrected chi connectivity index (χ3v) is 5.00. The summed E-state index contributed by atoms with van der Waals surface area (Å²) in [4.78, 5) is 0. The fourth-order valence-electron chi connectivity index (χ4n) is 1.73. The Balaban J connectivity index is 2.59. The van der Waals surface area contributed by atoms with Crippen molar-refractivity contribution in [3.63, 3.8) is 0 Å². The van der Waals surface area contributed by atoms with Crippen molar-refractivity contribution in [2.24, 2.45) is 0 Å². The number of hydrogen-bond acceptors (Lipinski definition) is 5. The Labute approximate surface area is 106 Å². The molecule has 0 bridgehead atoms. The van der Waals surface area contributed by atoms with E-state index >= 15 is 0 Å². The molecular weight excluding hydrogens is 238 g/mol. The van der Waals surface area contributed by atoms with Gasteiger partial charge in [0, 0.05) is 11.3 Å². The maximum Gasteiger partial charge on any atom is 0.174 e. The summed E-state index contributed by atoms with van der Waals surface area (Å²) in [5, 5.41) is 13.3. The predicted molar refractivity (Wildman–Crippen MR) is 72.3 cm³/mol. The summed E-state index contributed by atoms with van der Waals surface area (Å²) >= 11 is 3.55. The van der Waals surface area contributed by atoms with Gasteiger partial charge in [0.1, 0.15) is 5.01 Å². The van der Waals surface area contributed by atoms with E-state index in [1.54, 1.807) is 11.3 Å². The first-order valence-corrected chi connectivity index (χ1v) is 7.54. The minimum absolute atomic E-state index is 0.573. The number of nitrogens with one attached hydrogen (secondary N) is 1. The van der Waals surface area contributed by atoms with Crippen molar-refractivity contribution < 1.29 is 0 Å². The summed E-state index contributed by atoms with van der Waals surface area (Å²) in [6, 6.07) is 0.573. The first-order valence-electron chi connectivity index (χ1n) is 5.85. The molecule has 0 saturated heterocycles. The molecule has 0 saturated carbocycles. The van der Waals surface area contributed by atoms with Gasteiger partial charge in [-0.15, -0.1) is 10.2 Å². The Kier molecular flexibility index (Phi) is 6.31. The fraction of sp³-hybridized carbons (Fsp3) is 0.818. The van der Waals surface area contributed by atoms with Crippen molar-refractivity contribution in [1.29, 1.82) is 0 Å². The van der Waals surface area contributed by atoms with Crippen molar-refractivity contribution in [2.75, 3.05) is 7.05 Å². The summed E-state index contributed by atoms with van der Waals surface area (Å²) in [6.45, 7) is 6.48. The summed E-state index contributed by atoms with van der Waals surface area (Å²) < 4.78 is 1.10. The average Bonchev–Trinajstić information content (AvgIpc) is 2.69. The lowest BCUT2D eigenvalue weighted by Gasteiger charge is -2.23. The van der Waals surface area contributed by atoms with Gasteiger partial charge in [0.15, 0.2) is 4.34 Å². The van der Waals surface area contributed by atoms with Gasteiger partial charge in [0.2, 0.25) is 0 Å². The Morgan fingerprint density at radius 3 is 2.56 bits per heavy atom. The molecule has 1 aromatic heterocycles. The van der Waals surface area contributed by atoms with E-state index in [0.717, 1.165) is 15.8 Å². The summed E-state index contributed by atoms with van der Waals surface area (Å²) in [5.41, 5.74) is 0. The maximum atomic E-state index is 4.18. The van der Waals surface area contributed by atoms with Gasteiger partial charge in [0.25, 0.3) is 0 Å². The van der Waals surface area contributed by atoms with Gasteiger partial charge in [-0.25, -0.2) is 0 Å². The van der Waals surface area contributed by atoms with Crippen LogP contribution in [0.4, 0.5) is 0 Å². The zero-order valence-electron chi connectivity index (χ0n) is 10.5. The molecule has 0 aliphatic heterocycles. The van der Waals surface area contributed by atoms with E-state index in [1.165, 1.54) is 12.8 Å². The molecule has 0 fully saturated rings. The van der Waals surface area contributed by atoms with Crippen LogP contribution in [0.1, 0.15) is 38.1 Å². The van der Waals surface area contributed by atoms with E-state index in [0.29, 0.717) is 11.3 Å². The van der Waals surface area contributed by atoms with Crippen LogP contribution >= 0.6 is 23.1 Å². The van der Waals surface area contributed by atoms with Gasteiger partial charge < -0.3 is 5.32 Å². The molecule has 1 N–H and O–H groups in total. The van der Waals surface area contributed by atoms with Crippen LogP contribution in [0.2, 0.25) is 0 Å². The third-order valence-electron chi connectivity index (χ3n) is 2.58. The number of aromatic nitrogens is 2. The van der Waals surface area contributed by atoms with Crippen LogP contribution in [0, 0.1) is 6.92 Å². The Hall–Kier alpha value is -0.130. The van der Waals surface area contributed by atoms with Gasteiger partial charge in [-0.05, 0) is 26.8 Å². The average molecular weight is 259 g/mol. The van der Waals surface area contributed by atoms with Crippen molar-refractivity contribution in [3.8, 4) is 0 Å². The molecule has 5 heteroatoms. The molecule has 2 atom stereocenters. The van der Waals surface area contributed by atoms with E-state index in [9.17, 15) is 0 Å². The molecule has 1 aromatic rings.